The molecular formula is C33H56O14. The molecule has 7 N–H and O–H groups in total. The molecule has 14 nitrogen and oxygen atoms in total. The van der Waals surface area contributed by atoms with Crippen molar-refractivity contribution in [3.63, 3.8) is 0 Å². The van der Waals surface area contributed by atoms with Gasteiger partial charge in [0.2, 0.25) is 0 Å². The molecule has 14 heteroatoms. The van der Waals surface area contributed by atoms with E-state index in [1.807, 2.05) is 6.92 Å². The molecule has 0 unspecified atom stereocenters. The molecule has 0 aromatic heterocycles. The van der Waals surface area contributed by atoms with Crippen LogP contribution in [0.25, 0.3) is 0 Å². The molecule has 0 amide bonds. The highest BCUT2D eigenvalue weighted by Gasteiger charge is 2.50. The summed E-state index contributed by atoms with van der Waals surface area (Å²) in [6, 6.07) is 0. The fourth-order valence-corrected chi connectivity index (χ4v) is 6.45. The predicted molar refractivity (Wildman–Crippen MR) is 166 cm³/mol. The summed E-state index contributed by atoms with van der Waals surface area (Å²) in [4.78, 5) is 23.0. The number of aliphatic carboxylic acids is 1. The predicted octanol–water partition coefficient (Wildman–Crippen LogP) is 1.30. The lowest BCUT2D eigenvalue weighted by molar-refractivity contribution is -0.359. The van der Waals surface area contributed by atoms with Gasteiger partial charge in [0.05, 0.1) is 18.8 Å². The molecule has 3 fully saturated rings. The lowest BCUT2D eigenvalue weighted by atomic mass is 9.93. The zero-order valence-corrected chi connectivity index (χ0v) is 27.6. The van der Waals surface area contributed by atoms with E-state index in [1.54, 1.807) is 0 Å². The van der Waals surface area contributed by atoms with E-state index in [9.17, 15) is 45.3 Å². The Labute approximate surface area is 276 Å². The van der Waals surface area contributed by atoms with E-state index >= 15 is 0 Å². The first-order chi connectivity index (χ1) is 22.4. The zero-order valence-electron chi connectivity index (χ0n) is 27.6. The monoisotopic (exact) mass is 676 g/mol. The number of carbonyl (C=O) groups is 2. The van der Waals surface area contributed by atoms with Crippen LogP contribution in [0.5, 0.6) is 0 Å². The van der Waals surface area contributed by atoms with Gasteiger partial charge in [-0.2, -0.15) is 0 Å². The SMILES string of the molecule is C=C1C(=O)O[C@@H](CCCCCCCCCCCCC[C@H](C)O[C@@H]2O[C@H](CO)[C@@H](O[C@@H]3O[C@@H](C)[C@@H](O)[C@H](O)[C@H]3O)[C@H](O)[C@H]2O)[C@@H]1C(=O)O. The number of hydrogen-bond acceptors (Lipinski definition) is 13. The summed E-state index contributed by atoms with van der Waals surface area (Å²) in [5, 5.41) is 70.8. The van der Waals surface area contributed by atoms with E-state index in [2.05, 4.69) is 6.58 Å². The average Bonchev–Trinajstić information content (AvgIpc) is 3.32. The zero-order chi connectivity index (χ0) is 34.7. The number of unbranched alkanes of at least 4 members (excludes halogenated alkanes) is 10. The van der Waals surface area contributed by atoms with Crippen molar-refractivity contribution in [3.05, 3.63) is 12.2 Å². The molecule has 47 heavy (non-hydrogen) atoms. The van der Waals surface area contributed by atoms with Crippen LogP contribution >= 0.6 is 0 Å². The van der Waals surface area contributed by atoms with Crippen molar-refractivity contribution >= 4 is 11.9 Å². The van der Waals surface area contributed by atoms with Gasteiger partial charge in [0, 0.05) is 5.57 Å². The lowest BCUT2D eigenvalue weighted by Crippen LogP contribution is -2.64. The van der Waals surface area contributed by atoms with E-state index in [4.69, 9.17) is 23.7 Å². The number of carboxylic acid groups (broad SMARTS) is 1. The van der Waals surface area contributed by atoms with Gasteiger partial charge in [-0.15, -0.1) is 0 Å². The van der Waals surface area contributed by atoms with Gasteiger partial charge in [-0.3, -0.25) is 4.79 Å². The summed E-state index contributed by atoms with van der Waals surface area (Å²) in [5.41, 5.74) is 0.0355. The Morgan fingerprint density at radius 1 is 0.787 bits per heavy atom. The number of carboxylic acids is 1. The third kappa shape index (κ3) is 11.1. The maximum atomic E-state index is 11.6. The summed E-state index contributed by atoms with van der Waals surface area (Å²) in [6.45, 7) is 6.31. The van der Waals surface area contributed by atoms with Gasteiger partial charge in [0.25, 0.3) is 0 Å². The largest absolute Gasteiger partial charge is 0.481 e. The quantitative estimate of drug-likeness (QED) is 0.0549. The summed E-state index contributed by atoms with van der Waals surface area (Å²) < 4.78 is 27.8. The number of cyclic esters (lactones) is 1. The van der Waals surface area contributed by atoms with Crippen LogP contribution in [0.15, 0.2) is 12.2 Å². The van der Waals surface area contributed by atoms with Crippen LogP contribution < -0.4 is 0 Å². The highest BCUT2D eigenvalue weighted by atomic mass is 16.7. The van der Waals surface area contributed by atoms with Crippen LogP contribution in [0.2, 0.25) is 0 Å². The van der Waals surface area contributed by atoms with E-state index < -0.39 is 92.0 Å². The van der Waals surface area contributed by atoms with Crippen molar-refractivity contribution < 1.29 is 69.0 Å². The Kier molecular flexibility index (Phi) is 16.4. The first-order valence-electron chi connectivity index (χ1n) is 17.1. The van der Waals surface area contributed by atoms with Gasteiger partial charge in [-0.1, -0.05) is 70.8 Å². The molecule has 272 valence electrons. The van der Waals surface area contributed by atoms with E-state index in [0.29, 0.717) is 12.8 Å². The Morgan fingerprint density at radius 2 is 1.34 bits per heavy atom. The van der Waals surface area contributed by atoms with Gasteiger partial charge >= 0.3 is 11.9 Å². The van der Waals surface area contributed by atoms with Crippen LogP contribution in [-0.4, -0.2) is 128 Å². The Morgan fingerprint density at radius 3 is 1.91 bits per heavy atom. The van der Waals surface area contributed by atoms with Crippen molar-refractivity contribution in [2.45, 2.75) is 171 Å². The summed E-state index contributed by atoms with van der Waals surface area (Å²) in [6.07, 6.45) is -1.48. The van der Waals surface area contributed by atoms with Crippen LogP contribution in [0, 0.1) is 5.92 Å². The second kappa shape index (κ2) is 19.5. The van der Waals surface area contributed by atoms with Gasteiger partial charge in [0.15, 0.2) is 12.6 Å². The first-order valence-corrected chi connectivity index (χ1v) is 17.1. The Balaban J connectivity index is 1.22. The number of rotatable bonds is 20. The Bertz CT molecular complexity index is 977. The second-order valence-corrected chi connectivity index (χ2v) is 13.2. The van der Waals surface area contributed by atoms with Crippen molar-refractivity contribution in [1.29, 1.82) is 0 Å². The van der Waals surface area contributed by atoms with Gasteiger partial charge < -0.3 is 59.4 Å². The molecule has 0 aromatic carbocycles. The number of hydrogen-bond donors (Lipinski definition) is 7. The summed E-state index contributed by atoms with van der Waals surface area (Å²) >= 11 is 0. The Hall–Kier alpha value is -1.72. The van der Waals surface area contributed by atoms with E-state index in [0.717, 1.165) is 70.6 Å². The number of aliphatic hydroxyl groups is 6. The van der Waals surface area contributed by atoms with Crippen molar-refractivity contribution in [3.8, 4) is 0 Å². The van der Waals surface area contributed by atoms with Crippen molar-refractivity contribution in [1.82, 2.24) is 0 Å². The minimum Gasteiger partial charge on any atom is -0.481 e. The molecule has 0 aromatic rings. The van der Waals surface area contributed by atoms with Crippen molar-refractivity contribution in [2.24, 2.45) is 5.92 Å². The fourth-order valence-electron chi connectivity index (χ4n) is 6.45. The number of esters is 1. The molecule has 0 bridgehead atoms. The van der Waals surface area contributed by atoms with Crippen LogP contribution in [0.4, 0.5) is 0 Å². The molecule has 3 saturated heterocycles. The average molecular weight is 677 g/mol. The first kappa shape index (κ1) is 39.7. The van der Waals surface area contributed by atoms with Gasteiger partial charge in [-0.25, -0.2) is 4.79 Å². The highest BCUT2D eigenvalue weighted by Crippen LogP contribution is 2.32. The molecule has 3 rings (SSSR count). The highest BCUT2D eigenvalue weighted by molar-refractivity contribution is 5.97. The lowest BCUT2D eigenvalue weighted by Gasteiger charge is -2.46. The van der Waals surface area contributed by atoms with Gasteiger partial charge in [-0.05, 0) is 33.1 Å². The van der Waals surface area contributed by atoms with Gasteiger partial charge in [0.1, 0.15) is 54.7 Å². The molecule has 0 spiro atoms. The fraction of sp³-hybridized carbons (Fsp3) is 0.879. The van der Waals surface area contributed by atoms with Crippen LogP contribution in [0.1, 0.15) is 97.3 Å². The molecule has 0 aliphatic carbocycles. The number of ether oxygens (including phenoxy) is 5. The second-order valence-electron chi connectivity index (χ2n) is 13.2. The van der Waals surface area contributed by atoms with Crippen molar-refractivity contribution in [2.75, 3.05) is 6.61 Å². The molecule has 3 aliphatic heterocycles. The van der Waals surface area contributed by atoms with E-state index in [-0.39, 0.29) is 11.7 Å². The molecule has 3 aliphatic rings. The normalized spacial score (nSPS) is 36.8. The molecule has 3 heterocycles. The smallest absolute Gasteiger partial charge is 0.334 e. The third-order valence-electron chi connectivity index (χ3n) is 9.42. The molecule has 13 atom stereocenters. The molecule has 0 saturated carbocycles. The maximum Gasteiger partial charge on any atom is 0.334 e. The van der Waals surface area contributed by atoms with E-state index in [1.165, 1.54) is 6.92 Å². The summed E-state index contributed by atoms with van der Waals surface area (Å²) in [5.74, 6) is -2.59. The topological polar surface area (TPSA) is 222 Å². The summed E-state index contributed by atoms with van der Waals surface area (Å²) in [7, 11) is 0. The molecule has 0 radical (unpaired) electrons. The minimum absolute atomic E-state index is 0.0355. The van der Waals surface area contributed by atoms with Crippen LogP contribution in [-0.2, 0) is 33.3 Å². The number of carbonyl (C=O) groups excluding carboxylic acids is 1. The molecular weight excluding hydrogens is 620 g/mol. The number of aliphatic hydroxyl groups excluding tert-OH is 6. The third-order valence-corrected chi connectivity index (χ3v) is 9.42. The minimum atomic E-state index is -1.62. The standard InChI is InChI=1S/C33H56O14/c1-18(15-13-11-9-7-5-4-6-8-10-12-14-16-21-23(30(40)41)19(2)31(42)45-21)43-32-28(39)26(37)29(22(17-34)46-32)47-33-27(38)25(36)24(35)20(3)44-33/h18,20-29,32-39H,2,4-17H2,1,3H3,(H,40,41)/t18-,20-,21-,22+,23+,24+,25-,26+,27+,28+,29+,32+,33-/m0/s1. The maximum absolute atomic E-state index is 11.6. The van der Waals surface area contributed by atoms with Crippen LogP contribution in [0.3, 0.4) is 0 Å².